The van der Waals surface area contributed by atoms with Crippen molar-refractivity contribution in [3.05, 3.63) is 47.7 Å². The molecular formula is C13H15N3O2. The lowest BCUT2D eigenvalue weighted by Crippen LogP contribution is -2.16. The summed E-state index contributed by atoms with van der Waals surface area (Å²) in [6.07, 6.45) is 1.25. The molecule has 0 saturated heterocycles. The largest absolute Gasteiger partial charge is 0.438 e. The summed E-state index contributed by atoms with van der Waals surface area (Å²) in [4.78, 5) is 15.9. The van der Waals surface area contributed by atoms with E-state index in [0.717, 1.165) is 5.56 Å². The molecular weight excluding hydrogens is 230 g/mol. The van der Waals surface area contributed by atoms with Crippen LogP contribution in [-0.2, 0) is 0 Å². The van der Waals surface area contributed by atoms with Gasteiger partial charge in [-0.05, 0) is 25.5 Å². The monoisotopic (exact) mass is 245 g/mol. The minimum Gasteiger partial charge on any atom is -0.438 e. The van der Waals surface area contributed by atoms with Crippen molar-refractivity contribution in [3.8, 4) is 0 Å². The second kappa shape index (κ2) is 5.01. The summed E-state index contributed by atoms with van der Waals surface area (Å²) in [7, 11) is 0. The molecule has 0 fully saturated rings. The lowest BCUT2D eigenvalue weighted by atomic mass is 10.1. The number of carbonyl (C=O) groups excluding carboxylic acids is 1. The molecule has 0 aliphatic rings. The van der Waals surface area contributed by atoms with Crippen molar-refractivity contribution < 1.29 is 9.21 Å². The molecule has 1 aromatic heterocycles. The number of para-hydroxylation sites is 1. The van der Waals surface area contributed by atoms with Crippen molar-refractivity contribution in [1.82, 2.24) is 4.98 Å². The zero-order valence-electron chi connectivity index (χ0n) is 10.3. The van der Waals surface area contributed by atoms with Crippen LogP contribution in [0.25, 0.3) is 0 Å². The van der Waals surface area contributed by atoms with Gasteiger partial charge in [-0.15, -0.1) is 0 Å². The van der Waals surface area contributed by atoms with E-state index in [4.69, 9.17) is 10.2 Å². The van der Waals surface area contributed by atoms with E-state index in [9.17, 15) is 4.79 Å². The Morgan fingerprint density at radius 3 is 2.78 bits per heavy atom. The Morgan fingerprint density at radius 2 is 2.17 bits per heavy atom. The van der Waals surface area contributed by atoms with Gasteiger partial charge < -0.3 is 15.5 Å². The van der Waals surface area contributed by atoms with Crippen molar-refractivity contribution in [3.63, 3.8) is 0 Å². The van der Waals surface area contributed by atoms with E-state index < -0.39 is 0 Å². The van der Waals surface area contributed by atoms with Crippen molar-refractivity contribution in [2.75, 3.05) is 5.32 Å². The highest BCUT2D eigenvalue weighted by atomic mass is 16.3. The molecule has 94 valence electrons. The van der Waals surface area contributed by atoms with Crippen LogP contribution in [-0.4, -0.2) is 10.9 Å². The highest BCUT2D eigenvalue weighted by molar-refractivity contribution is 6.03. The standard InChI is InChI=1S/C13H15N3O2/c1-8(14)10-5-3-4-6-11(10)16-13(17)12-9(2)15-7-18-12/h3-8H,14H2,1-2H3,(H,16,17). The molecule has 5 nitrogen and oxygen atoms in total. The normalized spacial score (nSPS) is 12.2. The summed E-state index contributed by atoms with van der Waals surface area (Å²) in [5, 5.41) is 2.78. The number of benzene rings is 1. The Balaban J connectivity index is 2.25. The molecule has 1 unspecified atom stereocenters. The Labute approximate surface area is 105 Å². The number of nitrogens with two attached hydrogens (primary N) is 1. The second-order valence-electron chi connectivity index (χ2n) is 4.10. The van der Waals surface area contributed by atoms with Crippen molar-refractivity contribution in [2.24, 2.45) is 5.73 Å². The van der Waals surface area contributed by atoms with Crippen molar-refractivity contribution in [1.29, 1.82) is 0 Å². The highest BCUT2D eigenvalue weighted by Gasteiger charge is 2.16. The summed E-state index contributed by atoms with van der Waals surface area (Å²) in [6, 6.07) is 7.26. The Hall–Kier alpha value is -2.14. The molecule has 0 radical (unpaired) electrons. The third kappa shape index (κ3) is 2.41. The maximum Gasteiger partial charge on any atom is 0.293 e. The van der Waals surface area contributed by atoms with E-state index in [1.165, 1.54) is 6.39 Å². The number of anilines is 1. The average molecular weight is 245 g/mol. The smallest absolute Gasteiger partial charge is 0.293 e. The molecule has 1 amide bonds. The molecule has 1 atom stereocenters. The number of oxazole rings is 1. The lowest BCUT2D eigenvalue weighted by Gasteiger charge is -2.12. The fraction of sp³-hybridized carbons (Fsp3) is 0.231. The van der Waals surface area contributed by atoms with Gasteiger partial charge in [-0.1, -0.05) is 18.2 Å². The molecule has 0 spiro atoms. The molecule has 5 heteroatoms. The first-order chi connectivity index (χ1) is 8.59. The van der Waals surface area contributed by atoms with Gasteiger partial charge in [0.15, 0.2) is 6.39 Å². The average Bonchev–Trinajstić information content (AvgIpc) is 2.76. The van der Waals surface area contributed by atoms with E-state index >= 15 is 0 Å². The quantitative estimate of drug-likeness (QED) is 0.869. The molecule has 0 saturated carbocycles. The number of hydrogen-bond donors (Lipinski definition) is 2. The molecule has 2 aromatic rings. The van der Waals surface area contributed by atoms with Crippen LogP contribution in [0.2, 0.25) is 0 Å². The number of rotatable bonds is 3. The van der Waals surface area contributed by atoms with E-state index in [2.05, 4.69) is 10.3 Å². The summed E-state index contributed by atoms with van der Waals surface area (Å²) < 4.78 is 5.04. The van der Waals surface area contributed by atoms with Crippen LogP contribution in [0.3, 0.4) is 0 Å². The summed E-state index contributed by atoms with van der Waals surface area (Å²) >= 11 is 0. The van der Waals surface area contributed by atoms with Crippen LogP contribution in [0.5, 0.6) is 0 Å². The van der Waals surface area contributed by atoms with Crippen LogP contribution in [0.1, 0.15) is 34.8 Å². The Kier molecular flexibility index (Phi) is 3.43. The summed E-state index contributed by atoms with van der Waals surface area (Å²) in [5.41, 5.74) is 7.98. The number of aromatic nitrogens is 1. The second-order valence-corrected chi connectivity index (χ2v) is 4.10. The van der Waals surface area contributed by atoms with Gasteiger partial charge in [-0.3, -0.25) is 4.79 Å². The van der Waals surface area contributed by atoms with E-state index in [-0.39, 0.29) is 17.7 Å². The van der Waals surface area contributed by atoms with E-state index in [1.54, 1.807) is 6.92 Å². The Morgan fingerprint density at radius 1 is 1.44 bits per heavy atom. The molecule has 3 N–H and O–H groups in total. The maximum atomic E-state index is 12.0. The highest BCUT2D eigenvalue weighted by Crippen LogP contribution is 2.21. The van der Waals surface area contributed by atoms with E-state index in [0.29, 0.717) is 11.4 Å². The zero-order valence-corrected chi connectivity index (χ0v) is 10.3. The van der Waals surface area contributed by atoms with E-state index in [1.807, 2.05) is 31.2 Å². The summed E-state index contributed by atoms with van der Waals surface area (Å²) in [5.74, 6) is -0.104. The van der Waals surface area contributed by atoms with Crippen LogP contribution in [0.4, 0.5) is 5.69 Å². The van der Waals surface area contributed by atoms with Gasteiger partial charge in [0.2, 0.25) is 5.76 Å². The van der Waals surface area contributed by atoms with Gasteiger partial charge in [-0.2, -0.15) is 0 Å². The van der Waals surface area contributed by atoms with Gasteiger partial charge >= 0.3 is 0 Å². The van der Waals surface area contributed by atoms with Gasteiger partial charge in [0.05, 0.1) is 5.69 Å². The third-order valence-corrected chi connectivity index (χ3v) is 2.65. The van der Waals surface area contributed by atoms with Crippen LogP contribution < -0.4 is 11.1 Å². The fourth-order valence-corrected chi connectivity index (χ4v) is 1.71. The molecule has 1 aromatic carbocycles. The molecule has 1 heterocycles. The number of carbonyl (C=O) groups is 1. The van der Waals surface area contributed by atoms with Gasteiger partial charge in [-0.25, -0.2) is 4.98 Å². The number of hydrogen-bond acceptors (Lipinski definition) is 4. The SMILES string of the molecule is Cc1ncoc1C(=O)Nc1ccccc1C(C)N. The predicted octanol–water partition coefficient (Wildman–Crippen LogP) is 2.26. The number of nitrogens with one attached hydrogen (secondary N) is 1. The predicted molar refractivity (Wildman–Crippen MR) is 68.2 cm³/mol. The maximum absolute atomic E-state index is 12.0. The minimum absolute atomic E-state index is 0.155. The molecule has 18 heavy (non-hydrogen) atoms. The number of nitrogens with zero attached hydrogens (tertiary/aromatic N) is 1. The lowest BCUT2D eigenvalue weighted by molar-refractivity contribution is 0.0995. The van der Waals surface area contributed by atoms with Crippen LogP contribution >= 0.6 is 0 Å². The summed E-state index contributed by atoms with van der Waals surface area (Å²) in [6.45, 7) is 3.58. The first-order valence-corrected chi connectivity index (χ1v) is 5.65. The zero-order chi connectivity index (χ0) is 13.1. The third-order valence-electron chi connectivity index (χ3n) is 2.65. The Bertz CT molecular complexity index is 561. The number of amides is 1. The van der Waals surface area contributed by atoms with Gasteiger partial charge in [0.1, 0.15) is 0 Å². The first kappa shape index (κ1) is 12.3. The number of aryl methyl sites for hydroxylation is 1. The minimum atomic E-state index is -0.321. The fourth-order valence-electron chi connectivity index (χ4n) is 1.71. The van der Waals surface area contributed by atoms with Crippen LogP contribution in [0, 0.1) is 6.92 Å². The molecule has 0 aliphatic carbocycles. The van der Waals surface area contributed by atoms with Crippen molar-refractivity contribution >= 4 is 11.6 Å². The molecule has 2 rings (SSSR count). The topological polar surface area (TPSA) is 81.2 Å². The molecule has 0 bridgehead atoms. The first-order valence-electron chi connectivity index (χ1n) is 5.65. The van der Waals surface area contributed by atoms with Crippen LogP contribution in [0.15, 0.2) is 35.1 Å². The molecule has 0 aliphatic heterocycles. The van der Waals surface area contributed by atoms with Gasteiger partial charge in [0.25, 0.3) is 5.91 Å². The van der Waals surface area contributed by atoms with Crippen molar-refractivity contribution in [2.45, 2.75) is 19.9 Å². The van der Waals surface area contributed by atoms with Gasteiger partial charge in [0, 0.05) is 11.7 Å².